The molecule has 1 aromatic heterocycles. The minimum absolute atomic E-state index is 0.00747. The normalized spacial score (nSPS) is 19.0. The number of imide groups is 1. The van der Waals surface area contributed by atoms with Gasteiger partial charge in [-0.15, -0.1) is 0 Å². The summed E-state index contributed by atoms with van der Waals surface area (Å²) < 4.78 is 21.1. The van der Waals surface area contributed by atoms with E-state index in [1.54, 1.807) is 42.6 Å². The number of carbonyl (C=O) groups excluding carboxylic acids is 3. The molecular formula is C31H29FN6O4. The van der Waals surface area contributed by atoms with Gasteiger partial charge in [0.2, 0.25) is 11.8 Å². The summed E-state index contributed by atoms with van der Waals surface area (Å²) in [7, 11) is 0. The van der Waals surface area contributed by atoms with Gasteiger partial charge in [-0.2, -0.15) is 5.26 Å². The van der Waals surface area contributed by atoms with Crippen LogP contribution in [0.3, 0.4) is 0 Å². The zero-order valence-corrected chi connectivity index (χ0v) is 22.9. The van der Waals surface area contributed by atoms with Crippen molar-refractivity contribution in [1.82, 2.24) is 20.1 Å². The van der Waals surface area contributed by atoms with E-state index >= 15 is 4.39 Å². The zero-order valence-electron chi connectivity index (χ0n) is 22.9. The van der Waals surface area contributed by atoms with Crippen molar-refractivity contribution in [1.29, 1.82) is 5.26 Å². The lowest BCUT2D eigenvalue weighted by molar-refractivity contribution is -0.136. The van der Waals surface area contributed by atoms with Gasteiger partial charge in [0.1, 0.15) is 36.0 Å². The van der Waals surface area contributed by atoms with Crippen LogP contribution in [0.2, 0.25) is 0 Å². The maximum atomic E-state index is 15.1. The minimum Gasteiger partial charge on any atom is -0.488 e. The Bertz CT molecular complexity index is 1580. The number of nitrogens with zero attached hydrogens (tertiary/aromatic N) is 5. The molecule has 1 N–H and O–H groups in total. The van der Waals surface area contributed by atoms with Gasteiger partial charge in [0, 0.05) is 55.8 Å². The molecule has 3 aliphatic rings. The van der Waals surface area contributed by atoms with Crippen LogP contribution < -0.4 is 15.0 Å². The third-order valence-electron chi connectivity index (χ3n) is 8.05. The predicted octanol–water partition coefficient (Wildman–Crippen LogP) is 2.75. The molecule has 214 valence electrons. The number of benzene rings is 2. The summed E-state index contributed by atoms with van der Waals surface area (Å²) in [6.07, 6.45) is 2.19. The van der Waals surface area contributed by atoms with Crippen LogP contribution in [0.5, 0.6) is 5.75 Å². The summed E-state index contributed by atoms with van der Waals surface area (Å²) in [5, 5.41) is 11.2. The molecule has 3 aliphatic heterocycles. The highest BCUT2D eigenvalue weighted by Crippen LogP contribution is 2.34. The van der Waals surface area contributed by atoms with Gasteiger partial charge in [0.05, 0.1) is 18.4 Å². The predicted molar refractivity (Wildman–Crippen MR) is 150 cm³/mol. The van der Waals surface area contributed by atoms with Crippen molar-refractivity contribution in [2.45, 2.75) is 38.6 Å². The Hall–Kier alpha value is -4.82. The van der Waals surface area contributed by atoms with Gasteiger partial charge in [-0.25, -0.2) is 9.37 Å². The van der Waals surface area contributed by atoms with E-state index in [2.05, 4.69) is 20.1 Å². The van der Waals surface area contributed by atoms with Gasteiger partial charge in [-0.3, -0.25) is 24.6 Å². The van der Waals surface area contributed by atoms with Crippen LogP contribution in [0.25, 0.3) is 0 Å². The molecule has 42 heavy (non-hydrogen) atoms. The zero-order chi connectivity index (χ0) is 29.2. The van der Waals surface area contributed by atoms with Gasteiger partial charge in [0.25, 0.3) is 5.91 Å². The molecule has 6 rings (SSSR count). The maximum absolute atomic E-state index is 15.1. The van der Waals surface area contributed by atoms with Crippen molar-refractivity contribution in [2.24, 2.45) is 0 Å². The van der Waals surface area contributed by atoms with Crippen LogP contribution in [0.15, 0.2) is 54.7 Å². The summed E-state index contributed by atoms with van der Waals surface area (Å²) in [4.78, 5) is 47.0. The molecule has 0 radical (unpaired) electrons. The van der Waals surface area contributed by atoms with Crippen molar-refractivity contribution >= 4 is 23.4 Å². The van der Waals surface area contributed by atoms with E-state index in [0.29, 0.717) is 34.7 Å². The number of piperazine rings is 1. The highest BCUT2D eigenvalue weighted by Gasteiger charge is 2.40. The number of nitrogens with one attached hydrogen (secondary N) is 1. The smallest absolute Gasteiger partial charge is 0.255 e. The van der Waals surface area contributed by atoms with Crippen LogP contribution in [0.4, 0.5) is 10.1 Å². The lowest BCUT2D eigenvalue weighted by Crippen LogP contribution is -2.52. The third kappa shape index (κ3) is 5.53. The molecule has 0 bridgehead atoms. The number of halogens is 1. The lowest BCUT2D eigenvalue weighted by Gasteiger charge is -2.36. The first-order valence-electron chi connectivity index (χ1n) is 13.9. The van der Waals surface area contributed by atoms with E-state index in [-0.39, 0.29) is 43.6 Å². The van der Waals surface area contributed by atoms with Crippen LogP contribution >= 0.6 is 0 Å². The largest absolute Gasteiger partial charge is 0.488 e. The quantitative estimate of drug-likeness (QED) is 0.433. The van der Waals surface area contributed by atoms with Crippen molar-refractivity contribution in [3.63, 3.8) is 0 Å². The highest BCUT2D eigenvalue weighted by atomic mass is 19.1. The molecule has 3 amide bonds. The van der Waals surface area contributed by atoms with Crippen molar-refractivity contribution < 1.29 is 23.5 Å². The number of carbonyl (C=O) groups is 3. The van der Waals surface area contributed by atoms with E-state index in [1.165, 1.54) is 4.90 Å². The summed E-state index contributed by atoms with van der Waals surface area (Å²) in [5.41, 5.74) is 3.76. The van der Waals surface area contributed by atoms with Crippen LogP contribution in [0.1, 0.15) is 45.6 Å². The monoisotopic (exact) mass is 568 g/mol. The average Bonchev–Trinajstić information content (AvgIpc) is 3.33. The number of pyridine rings is 1. The number of hydrogen-bond donors (Lipinski definition) is 1. The SMILES string of the molecule is N#Cc1ccc(N2CCN(Cc3ccc(COc4cccc5c4CN([C@H]4CCC(=O)NC4=O)C5=O)c(F)c3)CC2)cn1. The number of anilines is 1. The molecule has 3 aromatic rings. The molecule has 2 aromatic carbocycles. The lowest BCUT2D eigenvalue weighted by atomic mass is 10.0. The Morgan fingerprint density at radius 3 is 2.62 bits per heavy atom. The topological polar surface area (TPSA) is 119 Å². The van der Waals surface area contributed by atoms with E-state index in [0.717, 1.165) is 37.4 Å². The van der Waals surface area contributed by atoms with Crippen molar-refractivity contribution in [3.8, 4) is 11.8 Å². The first kappa shape index (κ1) is 27.4. The van der Waals surface area contributed by atoms with E-state index < -0.39 is 11.9 Å². The molecule has 0 unspecified atom stereocenters. The summed E-state index contributed by atoms with van der Waals surface area (Å²) in [6, 6.07) is 15.3. The average molecular weight is 569 g/mol. The fraction of sp³-hybridized carbons (Fsp3) is 0.323. The van der Waals surface area contributed by atoms with Gasteiger partial charge >= 0.3 is 0 Å². The number of ether oxygens (including phenoxy) is 1. The molecule has 11 heteroatoms. The van der Waals surface area contributed by atoms with Gasteiger partial charge in [-0.1, -0.05) is 18.2 Å². The summed E-state index contributed by atoms with van der Waals surface area (Å²) >= 11 is 0. The van der Waals surface area contributed by atoms with E-state index in [9.17, 15) is 14.4 Å². The Morgan fingerprint density at radius 2 is 1.90 bits per heavy atom. The number of rotatable bonds is 7. The molecule has 1 atom stereocenters. The second kappa shape index (κ2) is 11.6. The third-order valence-corrected chi connectivity index (χ3v) is 8.05. The molecule has 2 saturated heterocycles. The van der Waals surface area contributed by atoms with Gasteiger partial charge in [-0.05, 0) is 42.3 Å². The highest BCUT2D eigenvalue weighted by molar-refractivity contribution is 6.05. The van der Waals surface area contributed by atoms with Crippen molar-refractivity contribution in [3.05, 3.63) is 88.5 Å². The Kier molecular flexibility index (Phi) is 7.54. The number of piperidine rings is 1. The fourth-order valence-corrected chi connectivity index (χ4v) is 5.72. The number of nitriles is 1. The number of aromatic nitrogens is 1. The standard InChI is InChI=1S/C31H29FN6O4/c32-26-14-20(17-36-10-12-37(13-11-36)23-7-6-22(15-33)34-16-23)4-5-21(26)19-42-28-3-1-2-24-25(28)18-38(31(24)41)27-8-9-29(39)35-30(27)40/h1-7,14,16,27H,8-13,17-19H2,(H,35,39,40)/t27-/m0/s1. The number of amides is 3. The summed E-state index contributed by atoms with van der Waals surface area (Å²) in [5.74, 6) is -0.979. The fourth-order valence-electron chi connectivity index (χ4n) is 5.72. The Labute approximate surface area is 242 Å². The second-order valence-electron chi connectivity index (χ2n) is 10.7. The first-order valence-corrected chi connectivity index (χ1v) is 13.9. The van der Waals surface area contributed by atoms with E-state index in [4.69, 9.17) is 10.00 Å². The molecule has 10 nitrogen and oxygen atoms in total. The Balaban J connectivity index is 1.05. The van der Waals surface area contributed by atoms with Gasteiger partial charge in [0.15, 0.2) is 0 Å². The number of fused-ring (bicyclic) bond motifs is 1. The van der Waals surface area contributed by atoms with Crippen molar-refractivity contribution in [2.75, 3.05) is 31.1 Å². The van der Waals surface area contributed by atoms with E-state index in [1.807, 2.05) is 18.2 Å². The maximum Gasteiger partial charge on any atom is 0.255 e. The molecular weight excluding hydrogens is 539 g/mol. The van der Waals surface area contributed by atoms with Crippen LogP contribution in [-0.2, 0) is 29.3 Å². The molecule has 0 saturated carbocycles. The molecule has 0 aliphatic carbocycles. The van der Waals surface area contributed by atoms with Gasteiger partial charge < -0.3 is 14.5 Å². The number of hydrogen-bond acceptors (Lipinski definition) is 8. The molecule has 4 heterocycles. The second-order valence-corrected chi connectivity index (χ2v) is 10.7. The van der Waals surface area contributed by atoms with Crippen LogP contribution in [0, 0.1) is 17.1 Å². The summed E-state index contributed by atoms with van der Waals surface area (Å²) in [6.45, 7) is 4.07. The molecule has 0 spiro atoms. The molecule has 2 fully saturated rings. The Morgan fingerprint density at radius 1 is 1.07 bits per heavy atom. The minimum atomic E-state index is -0.712. The van der Waals surface area contributed by atoms with Crippen LogP contribution in [-0.4, -0.2) is 64.7 Å². The first-order chi connectivity index (χ1) is 20.4.